The average molecular weight is 501 g/mol. The number of thiazole rings is 1. The molecule has 0 spiro atoms. The van der Waals surface area contributed by atoms with Crippen molar-refractivity contribution in [2.45, 2.75) is 11.6 Å². The van der Waals surface area contributed by atoms with Crippen molar-refractivity contribution in [1.82, 2.24) is 15.0 Å². The Kier molecular flexibility index (Phi) is 7.02. The molecule has 0 fully saturated rings. The number of anilines is 1. The molecule has 3 aromatic carbocycles. The van der Waals surface area contributed by atoms with Gasteiger partial charge in [-0.05, 0) is 24.3 Å². The van der Waals surface area contributed by atoms with Gasteiger partial charge in [0.1, 0.15) is 5.82 Å². The van der Waals surface area contributed by atoms with Crippen molar-refractivity contribution in [3.63, 3.8) is 0 Å². The molecule has 5 nitrogen and oxygen atoms in total. The van der Waals surface area contributed by atoms with Gasteiger partial charge in [0.25, 0.3) is 0 Å². The number of halogens is 1. The second-order valence-corrected chi connectivity index (χ2v) is 9.63. The smallest absolute Gasteiger partial charge is 0.226 e. The fourth-order valence-corrected chi connectivity index (χ4v) is 5.09. The average Bonchev–Trinajstić information content (AvgIpc) is 3.53. The van der Waals surface area contributed by atoms with E-state index in [-0.39, 0.29) is 11.7 Å². The molecule has 0 saturated heterocycles. The molecule has 0 aliphatic rings. The zero-order chi connectivity index (χ0) is 24.0. The Hall–Kier alpha value is -3.75. The Morgan fingerprint density at radius 2 is 1.57 bits per heavy atom. The molecular weight excluding hydrogens is 479 g/mol. The zero-order valence-corrected chi connectivity index (χ0v) is 20.2. The van der Waals surface area contributed by atoms with Crippen molar-refractivity contribution in [2.24, 2.45) is 0 Å². The zero-order valence-electron chi connectivity index (χ0n) is 18.6. The number of aromatic nitrogens is 3. The second-order valence-electron chi connectivity index (χ2n) is 7.69. The maximum atomic E-state index is 13.1. The normalized spacial score (nSPS) is 10.9. The molecule has 174 valence electrons. The third kappa shape index (κ3) is 5.67. The molecule has 0 atom stereocenters. The number of nitrogens with zero attached hydrogens (tertiary/aromatic N) is 2. The minimum atomic E-state index is -0.293. The van der Waals surface area contributed by atoms with Crippen LogP contribution in [0.2, 0.25) is 0 Å². The highest BCUT2D eigenvalue weighted by Crippen LogP contribution is 2.33. The summed E-state index contributed by atoms with van der Waals surface area (Å²) in [5, 5.41) is 5.98. The number of rotatable bonds is 8. The minimum absolute atomic E-state index is 0.115. The molecule has 5 aromatic rings. The van der Waals surface area contributed by atoms with Crippen LogP contribution in [-0.2, 0) is 4.79 Å². The van der Waals surface area contributed by atoms with Crippen LogP contribution in [0.1, 0.15) is 6.42 Å². The van der Waals surface area contributed by atoms with Crippen molar-refractivity contribution in [3.05, 3.63) is 96.1 Å². The van der Waals surface area contributed by atoms with E-state index in [1.54, 1.807) is 12.1 Å². The van der Waals surface area contributed by atoms with Crippen LogP contribution in [0.4, 0.5) is 9.52 Å². The Balaban J connectivity index is 1.22. The number of carbonyl (C=O) groups is 1. The second kappa shape index (κ2) is 10.7. The largest absolute Gasteiger partial charge is 0.332 e. The quantitative estimate of drug-likeness (QED) is 0.222. The van der Waals surface area contributed by atoms with E-state index in [1.807, 2.05) is 53.9 Å². The number of carbonyl (C=O) groups excluding carboxylic acids is 1. The molecule has 0 radical (unpaired) electrons. The number of thioether (sulfide) groups is 1. The molecule has 35 heavy (non-hydrogen) atoms. The Bertz CT molecular complexity index is 1360. The van der Waals surface area contributed by atoms with E-state index < -0.39 is 0 Å². The van der Waals surface area contributed by atoms with Crippen LogP contribution < -0.4 is 5.32 Å². The number of aromatic amines is 1. The minimum Gasteiger partial charge on any atom is -0.332 e. The van der Waals surface area contributed by atoms with Crippen LogP contribution in [0.25, 0.3) is 33.8 Å². The summed E-state index contributed by atoms with van der Waals surface area (Å²) < 4.78 is 13.1. The van der Waals surface area contributed by atoms with E-state index in [0.717, 1.165) is 33.2 Å². The van der Waals surface area contributed by atoms with Gasteiger partial charge in [0.15, 0.2) is 10.3 Å². The number of imidazole rings is 1. The molecule has 2 heterocycles. The lowest BCUT2D eigenvalue weighted by Crippen LogP contribution is -2.12. The molecule has 5 rings (SSSR count). The number of benzene rings is 3. The highest BCUT2D eigenvalue weighted by molar-refractivity contribution is 7.99. The van der Waals surface area contributed by atoms with Gasteiger partial charge in [0.2, 0.25) is 5.91 Å². The first-order chi connectivity index (χ1) is 17.2. The van der Waals surface area contributed by atoms with E-state index in [4.69, 9.17) is 4.98 Å². The number of H-pyrrole nitrogens is 1. The summed E-state index contributed by atoms with van der Waals surface area (Å²) in [5.74, 6) is 0.159. The first kappa shape index (κ1) is 23.0. The van der Waals surface area contributed by atoms with Gasteiger partial charge in [-0.25, -0.2) is 14.4 Å². The first-order valence-corrected chi connectivity index (χ1v) is 12.9. The van der Waals surface area contributed by atoms with E-state index in [1.165, 1.54) is 35.2 Å². The van der Waals surface area contributed by atoms with Crippen molar-refractivity contribution in [2.75, 3.05) is 11.1 Å². The fourth-order valence-electron chi connectivity index (χ4n) is 3.55. The number of nitrogens with one attached hydrogen (secondary N) is 2. The summed E-state index contributed by atoms with van der Waals surface area (Å²) in [6.45, 7) is 0. The van der Waals surface area contributed by atoms with E-state index in [9.17, 15) is 9.18 Å². The monoisotopic (exact) mass is 500 g/mol. The van der Waals surface area contributed by atoms with E-state index in [0.29, 0.717) is 23.0 Å². The van der Waals surface area contributed by atoms with E-state index in [2.05, 4.69) is 27.4 Å². The van der Waals surface area contributed by atoms with Crippen molar-refractivity contribution < 1.29 is 9.18 Å². The van der Waals surface area contributed by atoms with Crippen LogP contribution in [0.15, 0.2) is 95.5 Å². The predicted molar refractivity (Wildman–Crippen MR) is 141 cm³/mol. The van der Waals surface area contributed by atoms with E-state index >= 15 is 0 Å². The molecule has 0 aliphatic carbocycles. The maximum Gasteiger partial charge on any atom is 0.226 e. The van der Waals surface area contributed by atoms with Gasteiger partial charge in [-0.3, -0.25) is 4.79 Å². The molecule has 8 heteroatoms. The molecule has 0 aliphatic heterocycles. The summed E-state index contributed by atoms with van der Waals surface area (Å²) in [7, 11) is 0. The third-order valence-corrected chi connectivity index (χ3v) is 6.88. The van der Waals surface area contributed by atoms with Crippen LogP contribution in [0.5, 0.6) is 0 Å². The Labute approximate surface area is 210 Å². The summed E-state index contributed by atoms with van der Waals surface area (Å²) in [6.07, 6.45) is 0.318. The highest BCUT2D eigenvalue weighted by atomic mass is 32.2. The summed E-state index contributed by atoms with van der Waals surface area (Å²) in [6, 6.07) is 26.3. The van der Waals surface area contributed by atoms with Crippen LogP contribution in [0, 0.1) is 5.82 Å². The standard InChI is InChI=1S/C27H21FN4OS2/c28-21-13-11-18(12-14-21)22-17-35-26(29-22)30-23(33)15-16-34-27-31-24(19-7-3-1-4-8-19)25(32-27)20-9-5-2-6-10-20/h1-14,17H,15-16H2,(H,31,32)(H,29,30,33). The maximum absolute atomic E-state index is 13.1. The van der Waals surface area contributed by atoms with Crippen LogP contribution in [0.3, 0.4) is 0 Å². The lowest BCUT2D eigenvalue weighted by molar-refractivity contribution is -0.115. The Morgan fingerprint density at radius 3 is 2.29 bits per heavy atom. The highest BCUT2D eigenvalue weighted by Gasteiger charge is 2.15. The van der Waals surface area contributed by atoms with Crippen LogP contribution in [-0.4, -0.2) is 26.6 Å². The lowest BCUT2D eigenvalue weighted by Gasteiger charge is -2.02. The molecular formula is C27H21FN4OS2. The van der Waals surface area contributed by atoms with Crippen molar-refractivity contribution in [1.29, 1.82) is 0 Å². The predicted octanol–water partition coefficient (Wildman–Crippen LogP) is 7.13. The topological polar surface area (TPSA) is 70.7 Å². The number of amides is 1. The van der Waals surface area contributed by atoms with Gasteiger partial charge in [-0.2, -0.15) is 0 Å². The molecule has 0 bridgehead atoms. The first-order valence-electron chi connectivity index (χ1n) is 11.0. The molecule has 1 amide bonds. The van der Waals surface area contributed by atoms with Gasteiger partial charge in [0.05, 0.1) is 17.1 Å². The fraction of sp³-hybridized carbons (Fsp3) is 0.0741. The summed E-state index contributed by atoms with van der Waals surface area (Å²) in [4.78, 5) is 25.2. The van der Waals surface area contributed by atoms with Crippen molar-refractivity contribution >= 4 is 34.1 Å². The molecule has 0 saturated carbocycles. The molecule has 2 aromatic heterocycles. The van der Waals surface area contributed by atoms with Gasteiger partial charge in [0, 0.05) is 34.2 Å². The van der Waals surface area contributed by atoms with Gasteiger partial charge < -0.3 is 10.3 Å². The molecule has 2 N–H and O–H groups in total. The third-order valence-electron chi connectivity index (χ3n) is 5.25. The van der Waals surface area contributed by atoms with Gasteiger partial charge >= 0.3 is 0 Å². The summed E-state index contributed by atoms with van der Waals surface area (Å²) in [5.41, 5.74) is 5.45. The molecule has 0 unspecified atom stereocenters. The SMILES string of the molecule is O=C(CCSc1nc(-c2ccccc2)c(-c2ccccc2)[nH]1)Nc1nc(-c2ccc(F)cc2)cs1. The number of hydrogen-bond acceptors (Lipinski definition) is 5. The van der Waals surface area contributed by atoms with Gasteiger partial charge in [-0.1, -0.05) is 72.4 Å². The Morgan fingerprint density at radius 1 is 0.886 bits per heavy atom. The lowest BCUT2D eigenvalue weighted by atomic mass is 10.1. The van der Waals surface area contributed by atoms with Crippen LogP contribution >= 0.6 is 23.1 Å². The van der Waals surface area contributed by atoms with Gasteiger partial charge in [-0.15, -0.1) is 11.3 Å². The van der Waals surface area contributed by atoms with Crippen molar-refractivity contribution in [3.8, 4) is 33.8 Å². The summed E-state index contributed by atoms with van der Waals surface area (Å²) >= 11 is 2.85. The number of hydrogen-bond donors (Lipinski definition) is 2.